The standard InChI is InChI=1S/C19H22N2O4S/c1-14-8-9-17-16(12-14)21(26(2,23)24)11-10-18(25-17)19(22)20-13-15-6-4-3-5-7-15/h3-9,12,18H,10-11,13H2,1-2H3,(H,20,22). The summed E-state index contributed by atoms with van der Waals surface area (Å²) in [4.78, 5) is 12.6. The molecule has 1 aliphatic rings. The maximum Gasteiger partial charge on any atom is 0.261 e. The van der Waals surface area contributed by atoms with Crippen molar-refractivity contribution in [2.24, 2.45) is 0 Å². The first-order chi connectivity index (χ1) is 12.3. The zero-order valence-corrected chi connectivity index (χ0v) is 15.6. The molecule has 1 N–H and O–H groups in total. The molecule has 1 amide bonds. The number of carbonyl (C=O) groups excluding carboxylic acids is 1. The second kappa shape index (κ2) is 7.37. The number of aryl methyl sites for hydroxylation is 1. The van der Waals surface area contributed by atoms with Gasteiger partial charge in [-0.05, 0) is 30.2 Å². The van der Waals surface area contributed by atoms with Gasteiger partial charge in [-0.25, -0.2) is 8.42 Å². The summed E-state index contributed by atoms with van der Waals surface area (Å²) in [5.74, 6) is 0.147. The molecular weight excluding hydrogens is 352 g/mol. The summed E-state index contributed by atoms with van der Waals surface area (Å²) in [5, 5.41) is 2.86. The summed E-state index contributed by atoms with van der Waals surface area (Å²) >= 11 is 0. The van der Waals surface area contributed by atoms with Crippen LogP contribution in [0, 0.1) is 6.92 Å². The number of ether oxygens (including phenoxy) is 1. The molecule has 138 valence electrons. The number of hydrogen-bond donors (Lipinski definition) is 1. The molecule has 2 aromatic rings. The van der Waals surface area contributed by atoms with Gasteiger partial charge in [0.2, 0.25) is 10.0 Å². The lowest BCUT2D eigenvalue weighted by molar-refractivity contribution is -0.128. The molecule has 3 rings (SSSR count). The van der Waals surface area contributed by atoms with Crippen LogP contribution in [0.1, 0.15) is 17.5 Å². The van der Waals surface area contributed by atoms with E-state index in [1.54, 1.807) is 12.1 Å². The minimum atomic E-state index is -3.46. The Hall–Kier alpha value is -2.54. The number of sulfonamides is 1. The van der Waals surface area contributed by atoms with Crippen molar-refractivity contribution in [1.82, 2.24) is 5.32 Å². The van der Waals surface area contributed by atoms with Crippen molar-refractivity contribution in [2.75, 3.05) is 17.1 Å². The highest BCUT2D eigenvalue weighted by molar-refractivity contribution is 7.92. The first-order valence-electron chi connectivity index (χ1n) is 8.41. The Morgan fingerprint density at radius 3 is 2.65 bits per heavy atom. The van der Waals surface area contributed by atoms with Gasteiger partial charge in [-0.3, -0.25) is 9.10 Å². The van der Waals surface area contributed by atoms with Gasteiger partial charge in [-0.1, -0.05) is 36.4 Å². The third-order valence-electron chi connectivity index (χ3n) is 4.25. The lowest BCUT2D eigenvalue weighted by Gasteiger charge is -2.21. The quantitative estimate of drug-likeness (QED) is 0.890. The SMILES string of the molecule is Cc1ccc2c(c1)N(S(C)(=O)=O)CCC(C(=O)NCc1ccccc1)O2. The molecule has 1 unspecified atom stereocenters. The van der Waals surface area contributed by atoms with Crippen LogP contribution >= 0.6 is 0 Å². The molecule has 1 atom stereocenters. The third-order valence-corrected chi connectivity index (χ3v) is 5.43. The summed E-state index contributed by atoms with van der Waals surface area (Å²) < 4.78 is 31.5. The number of nitrogens with zero attached hydrogens (tertiary/aromatic N) is 1. The average Bonchev–Trinajstić information content (AvgIpc) is 2.79. The van der Waals surface area contributed by atoms with Gasteiger partial charge < -0.3 is 10.1 Å². The number of benzene rings is 2. The second-order valence-corrected chi connectivity index (χ2v) is 8.31. The first-order valence-corrected chi connectivity index (χ1v) is 10.3. The number of amides is 1. The molecule has 1 aliphatic heterocycles. The van der Waals surface area contributed by atoms with Crippen LogP contribution in [0.15, 0.2) is 48.5 Å². The van der Waals surface area contributed by atoms with Gasteiger partial charge in [-0.15, -0.1) is 0 Å². The molecule has 6 nitrogen and oxygen atoms in total. The van der Waals surface area contributed by atoms with Crippen LogP contribution in [0.3, 0.4) is 0 Å². The molecule has 0 radical (unpaired) electrons. The smallest absolute Gasteiger partial charge is 0.261 e. The van der Waals surface area contributed by atoms with Gasteiger partial charge in [0.05, 0.1) is 11.9 Å². The second-order valence-electron chi connectivity index (χ2n) is 6.40. The van der Waals surface area contributed by atoms with Crippen LogP contribution in [0.25, 0.3) is 0 Å². The van der Waals surface area contributed by atoms with E-state index in [0.29, 0.717) is 18.0 Å². The third kappa shape index (κ3) is 4.16. The zero-order chi connectivity index (χ0) is 18.7. The molecular formula is C19H22N2O4S. The number of rotatable bonds is 4. The van der Waals surface area contributed by atoms with Crippen LogP contribution in [0.4, 0.5) is 5.69 Å². The van der Waals surface area contributed by atoms with Crippen molar-refractivity contribution in [2.45, 2.75) is 26.0 Å². The van der Waals surface area contributed by atoms with E-state index in [0.717, 1.165) is 17.4 Å². The van der Waals surface area contributed by atoms with E-state index in [4.69, 9.17) is 4.74 Å². The molecule has 0 aromatic heterocycles. The topological polar surface area (TPSA) is 75.7 Å². The predicted octanol–water partition coefficient (Wildman–Crippen LogP) is 2.23. The van der Waals surface area contributed by atoms with E-state index in [-0.39, 0.29) is 18.9 Å². The van der Waals surface area contributed by atoms with Gasteiger partial charge in [-0.2, -0.15) is 0 Å². The summed E-state index contributed by atoms with van der Waals surface area (Å²) in [6.07, 6.45) is 0.697. The number of hydrogen-bond acceptors (Lipinski definition) is 4. The number of nitrogens with one attached hydrogen (secondary N) is 1. The Bertz CT molecular complexity index is 897. The van der Waals surface area contributed by atoms with Gasteiger partial charge in [0, 0.05) is 19.5 Å². The highest BCUT2D eigenvalue weighted by atomic mass is 32.2. The van der Waals surface area contributed by atoms with Crippen LogP contribution in [-0.2, 0) is 21.4 Å². The fourth-order valence-corrected chi connectivity index (χ4v) is 3.85. The van der Waals surface area contributed by atoms with E-state index < -0.39 is 16.1 Å². The van der Waals surface area contributed by atoms with E-state index in [1.807, 2.05) is 43.3 Å². The molecule has 0 bridgehead atoms. The van der Waals surface area contributed by atoms with Gasteiger partial charge in [0.1, 0.15) is 5.75 Å². The Labute approximate surface area is 153 Å². The normalized spacial score (nSPS) is 17.0. The van der Waals surface area contributed by atoms with Crippen molar-refractivity contribution in [3.05, 3.63) is 59.7 Å². The Morgan fingerprint density at radius 2 is 1.96 bits per heavy atom. The molecule has 1 heterocycles. The largest absolute Gasteiger partial charge is 0.478 e. The van der Waals surface area contributed by atoms with Crippen LogP contribution in [-0.4, -0.2) is 33.2 Å². The number of anilines is 1. The summed E-state index contributed by atoms with van der Waals surface area (Å²) in [5.41, 5.74) is 2.39. The molecule has 26 heavy (non-hydrogen) atoms. The highest BCUT2D eigenvalue weighted by Gasteiger charge is 2.31. The maximum absolute atomic E-state index is 12.6. The predicted molar refractivity (Wildman–Crippen MR) is 101 cm³/mol. The van der Waals surface area contributed by atoms with Crippen molar-refractivity contribution in [3.8, 4) is 5.75 Å². The number of carbonyl (C=O) groups is 1. The lowest BCUT2D eigenvalue weighted by atomic mass is 10.2. The van der Waals surface area contributed by atoms with E-state index in [9.17, 15) is 13.2 Å². The van der Waals surface area contributed by atoms with Gasteiger partial charge in [0.25, 0.3) is 5.91 Å². The number of fused-ring (bicyclic) bond motifs is 1. The monoisotopic (exact) mass is 374 g/mol. The van der Waals surface area contributed by atoms with Crippen molar-refractivity contribution >= 4 is 21.6 Å². The highest BCUT2D eigenvalue weighted by Crippen LogP contribution is 2.35. The Morgan fingerprint density at radius 1 is 1.23 bits per heavy atom. The molecule has 0 spiro atoms. The van der Waals surface area contributed by atoms with Crippen molar-refractivity contribution in [3.63, 3.8) is 0 Å². The molecule has 2 aromatic carbocycles. The van der Waals surface area contributed by atoms with Gasteiger partial charge in [0.15, 0.2) is 6.10 Å². The minimum absolute atomic E-state index is 0.193. The van der Waals surface area contributed by atoms with E-state index in [2.05, 4.69) is 5.32 Å². The Kier molecular flexibility index (Phi) is 5.18. The zero-order valence-electron chi connectivity index (χ0n) is 14.8. The summed E-state index contributed by atoms with van der Waals surface area (Å²) in [6, 6.07) is 14.9. The van der Waals surface area contributed by atoms with Crippen LogP contribution < -0.4 is 14.4 Å². The fraction of sp³-hybridized carbons (Fsp3) is 0.316. The maximum atomic E-state index is 12.6. The van der Waals surface area contributed by atoms with Gasteiger partial charge >= 0.3 is 0 Å². The molecule has 0 saturated carbocycles. The van der Waals surface area contributed by atoms with E-state index in [1.165, 1.54) is 4.31 Å². The lowest BCUT2D eigenvalue weighted by Crippen LogP contribution is -2.39. The molecule has 0 fully saturated rings. The minimum Gasteiger partial charge on any atom is -0.478 e. The van der Waals surface area contributed by atoms with Crippen LogP contribution in [0.2, 0.25) is 0 Å². The average molecular weight is 374 g/mol. The first kappa shape index (κ1) is 18.3. The van der Waals surface area contributed by atoms with Crippen LogP contribution in [0.5, 0.6) is 5.75 Å². The van der Waals surface area contributed by atoms with Crippen molar-refractivity contribution in [1.29, 1.82) is 0 Å². The summed E-state index contributed by atoms with van der Waals surface area (Å²) in [7, 11) is -3.46. The fourth-order valence-electron chi connectivity index (χ4n) is 2.92. The molecule has 0 aliphatic carbocycles. The van der Waals surface area contributed by atoms with Crippen molar-refractivity contribution < 1.29 is 17.9 Å². The summed E-state index contributed by atoms with van der Waals surface area (Å²) in [6.45, 7) is 2.48. The van der Waals surface area contributed by atoms with E-state index >= 15 is 0 Å². The Balaban J connectivity index is 1.79. The molecule has 7 heteroatoms. The molecule has 0 saturated heterocycles.